The van der Waals surface area contributed by atoms with Gasteiger partial charge in [0.2, 0.25) is 0 Å². The van der Waals surface area contributed by atoms with E-state index in [1.54, 1.807) is 23.0 Å². The first-order valence-corrected chi connectivity index (χ1v) is 7.92. The van der Waals surface area contributed by atoms with E-state index in [0.29, 0.717) is 18.2 Å². The normalized spacial score (nSPS) is 15.0. The number of hydrogen-bond donors (Lipinski definition) is 0. The Bertz CT molecular complexity index is 822. The van der Waals surface area contributed by atoms with Crippen LogP contribution in [0, 0.1) is 17.2 Å². The topological polar surface area (TPSA) is 87.7 Å². The second-order valence-electron chi connectivity index (χ2n) is 7.13. The van der Waals surface area contributed by atoms with Crippen molar-refractivity contribution in [3.63, 3.8) is 0 Å². The van der Waals surface area contributed by atoms with Crippen LogP contribution in [-0.4, -0.2) is 32.8 Å². The second-order valence-corrected chi connectivity index (χ2v) is 7.13. The predicted octanol–water partition coefficient (Wildman–Crippen LogP) is 1.34. The van der Waals surface area contributed by atoms with Crippen molar-refractivity contribution in [2.75, 3.05) is 18.0 Å². The minimum absolute atomic E-state index is 0.0698. The molecule has 7 heteroatoms. The lowest BCUT2D eigenvalue weighted by Crippen LogP contribution is -2.50. The molecule has 0 N–H and O–H groups in total. The Hall–Kier alpha value is -2.75. The van der Waals surface area contributed by atoms with Crippen LogP contribution in [-0.2, 0) is 12.0 Å². The molecule has 0 amide bonds. The van der Waals surface area contributed by atoms with E-state index in [1.807, 2.05) is 6.07 Å². The fourth-order valence-electron chi connectivity index (χ4n) is 2.64. The Labute approximate surface area is 140 Å². The highest BCUT2D eigenvalue weighted by Crippen LogP contribution is 2.23. The van der Waals surface area contributed by atoms with Gasteiger partial charge in [0.15, 0.2) is 5.69 Å². The Morgan fingerprint density at radius 2 is 2.00 bits per heavy atom. The van der Waals surface area contributed by atoms with Gasteiger partial charge in [0, 0.05) is 30.5 Å². The van der Waals surface area contributed by atoms with Crippen LogP contribution in [0.5, 0.6) is 0 Å². The van der Waals surface area contributed by atoms with E-state index < -0.39 is 0 Å². The van der Waals surface area contributed by atoms with Crippen LogP contribution in [0.1, 0.15) is 32.2 Å². The summed E-state index contributed by atoms with van der Waals surface area (Å²) in [6, 6.07) is 5.35. The number of anilines is 1. The molecule has 0 aromatic carbocycles. The predicted molar refractivity (Wildman–Crippen MR) is 89.6 cm³/mol. The first-order valence-electron chi connectivity index (χ1n) is 7.92. The minimum atomic E-state index is -0.0842. The Morgan fingerprint density at radius 3 is 2.58 bits per heavy atom. The van der Waals surface area contributed by atoms with Crippen molar-refractivity contribution in [1.82, 2.24) is 19.7 Å². The van der Waals surface area contributed by atoms with E-state index in [2.05, 4.69) is 40.7 Å². The molecule has 2 aromatic rings. The maximum absolute atomic E-state index is 12.0. The molecule has 0 bridgehead atoms. The molecule has 0 spiro atoms. The molecule has 0 aliphatic carbocycles. The minimum Gasteiger partial charge on any atom is -0.355 e. The van der Waals surface area contributed by atoms with Crippen molar-refractivity contribution >= 4 is 5.82 Å². The number of aromatic nitrogens is 4. The van der Waals surface area contributed by atoms with Crippen LogP contribution in [0.4, 0.5) is 5.82 Å². The zero-order chi connectivity index (χ0) is 17.3. The highest BCUT2D eigenvalue weighted by Gasteiger charge is 2.29. The van der Waals surface area contributed by atoms with Gasteiger partial charge in [-0.25, -0.2) is 14.6 Å². The van der Waals surface area contributed by atoms with Crippen molar-refractivity contribution in [2.24, 2.45) is 5.92 Å². The number of hydrogen-bond acceptors (Lipinski definition) is 6. The molecule has 24 heavy (non-hydrogen) atoms. The van der Waals surface area contributed by atoms with E-state index in [4.69, 9.17) is 5.26 Å². The Morgan fingerprint density at radius 1 is 1.25 bits per heavy atom. The summed E-state index contributed by atoms with van der Waals surface area (Å²) in [4.78, 5) is 22.4. The molecular weight excluding hydrogens is 304 g/mol. The van der Waals surface area contributed by atoms with Gasteiger partial charge >= 0.3 is 0 Å². The third-order valence-corrected chi connectivity index (χ3v) is 4.10. The third-order valence-electron chi connectivity index (χ3n) is 4.10. The van der Waals surface area contributed by atoms with Gasteiger partial charge in [-0.2, -0.15) is 10.4 Å². The summed E-state index contributed by atoms with van der Waals surface area (Å²) in [5.74, 6) is 1.11. The van der Waals surface area contributed by atoms with E-state index >= 15 is 0 Å². The van der Waals surface area contributed by atoms with Gasteiger partial charge in [-0.05, 0) is 6.07 Å². The van der Waals surface area contributed by atoms with E-state index in [-0.39, 0.29) is 11.0 Å². The fourth-order valence-corrected chi connectivity index (χ4v) is 2.64. The Balaban J connectivity index is 1.65. The van der Waals surface area contributed by atoms with Crippen molar-refractivity contribution < 1.29 is 0 Å². The quantitative estimate of drug-likeness (QED) is 0.846. The van der Waals surface area contributed by atoms with Crippen LogP contribution in [0.25, 0.3) is 0 Å². The van der Waals surface area contributed by atoms with Gasteiger partial charge in [0.25, 0.3) is 5.56 Å². The number of nitriles is 1. The summed E-state index contributed by atoms with van der Waals surface area (Å²) in [5, 5.41) is 13.3. The zero-order valence-corrected chi connectivity index (χ0v) is 14.1. The van der Waals surface area contributed by atoms with Gasteiger partial charge in [-0.3, -0.25) is 4.79 Å². The van der Waals surface area contributed by atoms with Crippen LogP contribution in [0.3, 0.4) is 0 Å². The third kappa shape index (κ3) is 3.27. The van der Waals surface area contributed by atoms with Gasteiger partial charge < -0.3 is 4.90 Å². The van der Waals surface area contributed by atoms with Crippen molar-refractivity contribution in [3.8, 4) is 6.07 Å². The fraction of sp³-hybridized carbons (Fsp3) is 0.471. The lowest BCUT2D eigenvalue weighted by atomic mass is 9.92. The van der Waals surface area contributed by atoms with Crippen LogP contribution < -0.4 is 10.5 Å². The summed E-state index contributed by atoms with van der Waals surface area (Å²) >= 11 is 0. The largest absolute Gasteiger partial charge is 0.355 e. The molecule has 0 unspecified atom stereocenters. The number of nitrogens with zero attached hydrogens (tertiary/aromatic N) is 6. The monoisotopic (exact) mass is 324 g/mol. The van der Waals surface area contributed by atoms with Crippen LogP contribution >= 0.6 is 0 Å². The standard InChI is InChI=1S/C17H20N6O/c1-17(2,3)14-4-5-16(24)23(21-14)11-12-9-22(10-12)15-8-19-13(6-18)7-20-15/h4-5,7-8,12H,9-11H2,1-3H3. The first-order chi connectivity index (χ1) is 11.4. The lowest BCUT2D eigenvalue weighted by molar-refractivity contribution is 0.327. The molecule has 1 aliphatic rings. The van der Waals surface area contributed by atoms with Gasteiger partial charge in [-0.15, -0.1) is 0 Å². The first kappa shape index (κ1) is 16.1. The molecule has 0 radical (unpaired) electrons. The van der Waals surface area contributed by atoms with Gasteiger partial charge in [0.1, 0.15) is 11.9 Å². The smallest absolute Gasteiger partial charge is 0.266 e. The molecule has 1 fully saturated rings. The maximum atomic E-state index is 12.0. The Kier molecular flexibility index (Phi) is 4.06. The second kappa shape index (κ2) is 6.04. The van der Waals surface area contributed by atoms with Crippen molar-refractivity contribution in [2.45, 2.75) is 32.7 Å². The van der Waals surface area contributed by atoms with Crippen molar-refractivity contribution in [3.05, 3.63) is 46.3 Å². The SMILES string of the molecule is CC(C)(C)c1ccc(=O)n(CC2CN(c3cnc(C#N)cn3)C2)n1. The summed E-state index contributed by atoms with van der Waals surface area (Å²) < 4.78 is 1.56. The molecule has 1 saturated heterocycles. The molecule has 2 aromatic heterocycles. The highest BCUT2D eigenvalue weighted by atomic mass is 16.1. The lowest BCUT2D eigenvalue weighted by Gasteiger charge is -2.39. The summed E-state index contributed by atoms with van der Waals surface area (Å²) in [6.45, 7) is 8.45. The average Bonchev–Trinajstić information content (AvgIpc) is 2.51. The summed E-state index contributed by atoms with van der Waals surface area (Å²) in [5.41, 5.74) is 1.07. The highest BCUT2D eigenvalue weighted by molar-refractivity contribution is 5.40. The summed E-state index contributed by atoms with van der Waals surface area (Å²) in [7, 11) is 0. The van der Waals surface area contributed by atoms with Gasteiger partial charge in [0.05, 0.1) is 24.6 Å². The van der Waals surface area contributed by atoms with Crippen molar-refractivity contribution in [1.29, 1.82) is 5.26 Å². The van der Waals surface area contributed by atoms with Crippen LogP contribution in [0.15, 0.2) is 29.3 Å². The van der Waals surface area contributed by atoms with E-state index in [0.717, 1.165) is 24.6 Å². The molecule has 0 saturated carbocycles. The van der Waals surface area contributed by atoms with Gasteiger partial charge in [-0.1, -0.05) is 20.8 Å². The molecular formula is C17H20N6O. The molecule has 0 atom stereocenters. The van der Waals surface area contributed by atoms with E-state index in [9.17, 15) is 4.79 Å². The molecule has 3 heterocycles. The van der Waals surface area contributed by atoms with E-state index in [1.165, 1.54) is 6.20 Å². The molecule has 1 aliphatic heterocycles. The average molecular weight is 324 g/mol. The van der Waals surface area contributed by atoms with Crippen LogP contribution in [0.2, 0.25) is 0 Å². The number of rotatable bonds is 3. The molecule has 7 nitrogen and oxygen atoms in total. The summed E-state index contributed by atoms with van der Waals surface area (Å²) in [6.07, 6.45) is 3.08. The maximum Gasteiger partial charge on any atom is 0.266 e. The molecule has 124 valence electrons. The zero-order valence-electron chi connectivity index (χ0n) is 14.1. The molecule has 3 rings (SSSR count).